The molecule has 0 aromatic carbocycles. The second-order valence-electron chi connectivity index (χ2n) is 4.94. The van der Waals surface area contributed by atoms with Crippen LogP contribution in [0.5, 0.6) is 0 Å². The smallest absolute Gasteiger partial charge is 0.222 e. The Morgan fingerprint density at radius 1 is 1.61 bits per heavy atom. The molecule has 5 heteroatoms. The first-order chi connectivity index (χ1) is 8.67. The molecule has 2 N–H and O–H groups in total. The van der Waals surface area contributed by atoms with E-state index in [1.807, 2.05) is 6.92 Å². The number of rotatable bonds is 8. The van der Waals surface area contributed by atoms with Crippen molar-refractivity contribution in [3.05, 3.63) is 0 Å². The SMILES string of the molecule is COC(C)CCC(=O)N(CCO)CC1CCCN1. The van der Waals surface area contributed by atoms with Crippen LogP contribution in [0.1, 0.15) is 32.6 Å². The molecule has 1 saturated heterocycles. The van der Waals surface area contributed by atoms with Crippen LogP contribution in [0.15, 0.2) is 0 Å². The molecule has 0 radical (unpaired) electrons. The second kappa shape index (κ2) is 8.45. The van der Waals surface area contributed by atoms with Gasteiger partial charge in [-0.05, 0) is 32.7 Å². The van der Waals surface area contributed by atoms with Gasteiger partial charge >= 0.3 is 0 Å². The van der Waals surface area contributed by atoms with Crippen LogP contribution >= 0.6 is 0 Å². The van der Waals surface area contributed by atoms with Crippen LogP contribution in [0.25, 0.3) is 0 Å². The van der Waals surface area contributed by atoms with Gasteiger partial charge in [-0.15, -0.1) is 0 Å². The molecule has 1 amide bonds. The first-order valence-electron chi connectivity index (χ1n) is 6.82. The van der Waals surface area contributed by atoms with Crippen LogP contribution in [-0.2, 0) is 9.53 Å². The highest BCUT2D eigenvalue weighted by Gasteiger charge is 2.21. The number of carbonyl (C=O) groups is 1. The zero-order valence-electron chi connectivity index (χ0n) is 11.5. The molecule has 1 aliphatic heterocycles. The topological polar surface area (TPSA) is 61.8 Å². The summed E-state index contributed by atoms with van der Waals surface area (Å²) in [5.41, 5.74) is 0. The van der Waals surface area contributed by atoms with E-state index >= 15 is 0 Å². The first-order valence-corrected chi connectivity index (χ1v) is 6.82. The number of methoxy groups -OCH3 is 1. The van der Waals surface area contributed by atoms with Gasteiger partial charge in [0.05, 0.1) is 12.7 Å². The van der Waals surface area contributed by atoms with Gasteiger partial charge in [0, 0.05) is 32.7 Å². The van der Waals surface area contributed by atoms with E-state index < -0.39 is 0 Å². The van der Waals surface area contributed by atoms with Crippen LogP contribution in [-0.4, -0.2) is 61.4 Å². The maximum absolute atomic E-state index is 12.1. The van der Waals surface area contributed by atoms with Gasteiger partial charge < -0.3 is 20.1 Å². The predicted octanol–water partition coefficient (Wildman–Crippen LogP) is 0.374. The lowest BCUT2D eigenvalue weighted by molar-refractivity contribution is -0.132. The molecule has 1 rings (SSSR count). The molecule has 106 valence electrons. The highest BCUT2D eigenvalue weighted by Crippen LogP contribution is 2.09. The Hall–Kier alpha value is -0.650. The van der Waals surface area contributed by atoms with Gasteiger partial charge in [-0.2, -0.15) is 0 Å². The highest BCUT2D eigenvalue weighted by atomic mass is 16.5. The summed E-state index contributed by atoms with van der Waals surface area (Å²) in [5, 5.41) is 12.4. The zero-order valence-corrected chi connectivity index (χ0v) is 11.5. The molecule has 0 aromatic rings. The molecule has 18 heavy (non-hydrogen) atoms. The van der Waals surface area contributed by atoms with Gasteiger partial charge in [-0.3, -0.25) is 4.79 Å². The number of aliphatic hydroxyl groups excluding tert-OH is 1. The molecule has 0 aromatic heterocycles. The fourth-order valence-corrected chi connectivity index (χ4v) is 2.22. The van der Waals surface area contributed by atoms with E-state index in [0.717, 1.165) is 19.4 Å². The number of nitrogens with zero attached hydrogens (tertiary/aromatic N) is 1. The first kappa shape index (κ1) is 15.4. The van der Waals surface area contributed by atoms with Crippen molar-refractivity contribution in [2.45, 2.75) is 44.8 Å². The lowest BCUT2D eigenvalue weighted by atomic mass is 10.1. The monoisotopic (exact) mass is 258 g/mol. The van der Waals surface area contributed by atoms with Crippen molar-refractivity contribution in [3.8, 4) is 0 Å². The molecule has 0 bridgehead atoms. The molecule has 2 unspecified atom stereocenters. The number of amides is 1. The van der Waals surface area contributed by atoms with Crippen molar-refractivity contribution < 1.29 is 14.6 Å². The van der Waals surface area contributed by atoms with Gasteiger partial charge in [0.15, 0.2) is 0 Å². The predicted molar refractivity (Wildman–Crippen MR) is 70.4 cm³/mol. The number of ether oxygens (including phenoxy) is 1. The largest absolute Gasteiger partial charge is 0.395 e. The van der Waals surface area contributed by atoms with Crippen LogP contribution in [0.3, 0.4) is 0 Å². The Morgan fingerprint density at radius 2 is 2.39 bits per heavy atom. The maximum atomic E-state index is 12.1. The summed E-state index contributed by atoms with van der Waals surface area (Å²) in [6.45, 7) is 4.16. The third-order valence-electron chi connectivity index (χ3n) is 3.49. The fourth-order valence-electron chi connectivity index (χ4n) is 2.22. The van der Waals surface area contributed by atoms with Gasteiger partial charge in [-0.25, -0.2) is 0 Å². The number of nitrogens with one attached hydrogen (secondary N) is 1. The van der Waals surface area contributed by atoms with Crippen molar-refractivity contribution in [3.63, 3.8) is 0 Å². The molecule has 1 fully saturated rings. The minimum atomic E-state index is 0.0261. The third kappa shape index (κ3) is 5.33. The average molecular weight is 258 g/mol. The summed E-state index contributed by atoms with van der Waals surface area (Å²) in [6, 6.07) is 0.389. The second-order valence-corrected chi connectivity index (χ2v) is 4.94. The molecule has 0 spiro atoms. The van der Waals surface area contributed by atoms with Gasteiger partial charge in [0.1, 0.15) is 0 Å². The van der Waals surface area contributed by atoms with Gasteiger partial charge in [0.25, 0.3) is 0 Å². The van der Waals surface area contributed by atoms with E-state index in [1.165, 1.54) is 6.42 Å². The van der Waals surface area contributed by atoms with E-state index in [0.29, 0.717) is 25.6 Å². The van der Waals surface area contributed by atoms with E-state index in [4.69, 9.17) is 9.84 Å². The normalized spacial score (nSPS) is 20.9. The number of hydrogen-bond donors (Lipinski definition) is 2. The Morgan fingerprint density at radius 3 is 2.94 bits per heavy atom. The van der Waals surface area contributed by atoms with E-state index in [-0.39, 0.29) is 18.6 Å². The Balaban J connectivity index is 2.36. The molecular weight excluding hydrogens is 232 g/mol. The lowest BCUT2D eigenvalue weighted by Gasteiger charge is -2.25. The van der Waals surface area contributed by atoms with Crippen molar-refractivity contribution in [1.82, 2.24) is 10.2 Å². The molecule has 1 heterocycles. The van der Waals surface area contributed by atoms with Crippen LogP contribution < -0.4 is 5.32 Å². The summed E-state index contributed by atoms with van der Waals surface area (Å²) in [7, 11) is 1.66. The van der Waals surface area contributed by atoms with Crippen molar-refractivity contribution in [2.75, 3.05) is 33.4 Å². The average Bonchev–Trinajstić information content (AvgIpc) is 2.87. The summed E-state index contributed by atoms with van der Waals surface area (Å²) < 4.78 is 5.14. The lowest BCUT2D eigenvalue weighted by Crippen LogP contribution is -2.42. The van der Waals surface area contributed by atoms with Crippen molar-refractivity contribution >= 4 is 5.91 Å². The van der Waals surface area contributed by atoms with Crippen LogP contribution in [0.4, 0.5) is 0 Å². The Kier molecular flexibility index (Phi) is 7.23. The zero-order chi connectivity index (χ0) is 13.4. The molecule has 1 aliphatic rings. The Labute approximate surface area is 109 Å². The molecule has 0 saturated carbocycles. The summed E-state index contributed by atoms with van der Waals surface area (Å²) >= 11 is 0. The van der Waals surface area contributed by atoms with E-state index in [2.05, 4.69) is 5.32 Å². The third-order valence-corrected chi connectivity index (χ3v) is 3.49. The minimum absolute atomic E-state index is 0.0261. The number of carbonyl (C=O) groups excluding carboxylic acids is 1. The maximum Gasteiger partial charge on any atom is 0.222 e. The van der Waals surface area contributed by atoms with E-state index in [1.54, 1.807) is 12.0 Å². The molecule has 0 aliphatic carbocycles. The fraction of sp³-hybridized carbons (Fsp3) is 0.923. The molecule has 5 nitrogen and oxygen atoms in total. The van der Waals surface area contributed by atoms with Crippen LogP contribution in [0, 0.1) is 0 Å². The minimum Gasteiger partial charge on any atom is -0.395 e. The number of hydrogen-bond acceptors (Lipinski definition) is 4. The van der Waals surface area contributed by atoms with E-state index in [9.17, 15) is 4.79 Å². The quantitative estimate of drug-likeness (QED) is 0.660. The van der Waals surface area contributed by atoms with Gasteiger partial charge in [0.2, 0.25) is 5.91 Å². The molecular formula is C13H26N2O3. The van der Waals surface area contributed by atoms with Crippen molar-refractivity contribution in [1.29, 1.82) is 0 Å². The van der Waals surface area contributed by atoms with Gasteiger partial charge in [-0.1, -0.05) is 0 Å². The summed E-state index contributed by atoms with van der Waals surface area (Å²) in [5.74, 6) is 0.113. The summed E-state index contributed by atoms with van der Waals surface area (Å²) in [6.07, 6.45) is 3.61. The highest BCUT2D eigenvalue weighted by molar-refractivity contribution is 5.76. The molecule has 2 atom stereocenters. The standard InChI is InChI=1S/C13H26N2O3/c1-11(18-2)5-6-13(17)15(8-9-16)10-12-4-3-7-14-12/h11-12,14,16H,3-10H2,1-2H3. The number of aliphatic hydroxyl groups is 1. The van der Waals surface area contributed by atoms with Crippen molar-refractivity contribution in [2.24, 2.45) is 0 Å². The Bertz CT molecular complexity index is 242. The van der Waals surface area contributed by atoms with Crippen LogP contribution in [0.2, 0.25) is 0 Å². The summed E-state index contributed by atoms with van der Waals surface area (Å²) in [4.78, 5) is 13.8.